The maximum absolute atomic E-state index is 12.8. The van der Waals surface area contributed by atoms with E-state index in [-0.39, 0.29) is 5.69 Å². The third kappa shape index (κ3) is 1.04. The molecule has 0 unspecified atom stereocenters. The molecule has 1 N–H and O–H groups in total. The summed E-state index contributed by atoms with van der Waals surface area (Å²) >= 11 is 0. The third-order valence-electron chi connectivity index (χ3n) is 2.16. The number of nitrogens with zero attached hydrogens (tertiary/aromatic N) is 4. The zero-order valence-corrected chi connectivity index (χ0v) is 7.42. The Labute approximate surface area is 83.1 Å². The molecule has 0 aromatic carbocycles. The highest BCUT2D eigenvalue weighted by molar-refractivity contribution is 5.88. The molecule has 0 amide bonds. The maximum Gasteiger partial charge on any atom is 0.309 e. The van der Waals surface area contributed by atoms with Gasteiger partial charge in [-0.05, 0) is 12.1 Å². The van der Waals surface area contributed by atoms with Crippen LogP contribution in [-0.4, -0.2) is 24.9 Å². The van der Waals surface area contributed by atoms with E-state index >= 15 is 0 Å². The Hall–Kier alpha value is -2.24. The number of pyridine rings is 2. The van der Waals surface area contributed by atoms with Crippen LogP contribution < -0.4 is 0 Å². The van der Waals surface area contributed by atoms with Gasteiger partial charge in [0.25, 0.3) is 0 Å². The van der Waals surface area contributed by atoms with Gasteiger partial charge in [0.05, 0.1) is 6.20 Å². The van der Waals surface area contributed by atoms with Crippen LogP contribution in [0.1, 0.15) is 0 Å². The average Bonchev–Trinajstić information content (AvgIpc) is 2.59. The van der Waals surface area contributed by atoms with Gasteiger partial charge in [-0.25, -0.2) is 0 Å². The largest absolute Gasteiger partial charge is 0.428 e. The van der Waals surface area contributed by atoms with Gasteiger partial charge in [0.1, 0.15) is 22.4 Å². The topological polar surface area (TPSA) is 63.8 Å². The lowest BCUT2D eigenvalue weighted by atomic mass is 10.2. The summed E-state index contributed by atoms with van der Waals surface area (Å²) in [6.45, 7) is 0. The van der Waals surface area contributed by atoms with E-state index in [1.165, 1.54) is 6.20 Å². The SMILES string of the molecule is On1cc2nc(F)nc-2c2ncccc21. The molecule has 3 rings (SSSR count). The molecule has 0 fully saturated rings. The fraction of sp³-hybridized carbons (Fsp3) is 0. The van der Waals surface area contributed by atoms with Crippen molar-refractivity contribution in [2.45, 2.75) is 0 Å². The fourth-order valence-corrected chi connectivity index (χ4v) is 1.54. The summed E-state index contributed by atoms with van der Waals surface area (Å²) in [6.07, 6.45) is 2.03. The molecule has 5 nitrogen and oxygen atoms in total. The van der Waals surface area contributed by atoms with E-state index in [0.29, 0.717) is 16.7 Å². The van der Waals surface area contributed by atoms with Crippen molar-refractivity contribution < 1.29 is 9.60 Å². The Balaban J connectivity index is 2.57. The first-order chi connectivity index (χ1) is 7.25. The normalized spacial score (nSPS) is 11.3. The van der Waals surface area contributed by atoms with Gasteiger partial charge < -0.3 is 5.21 Å². The van der Waals surface area contributed by atoms with Gasteiger partial charge in [-0.2, -0.15) is 19.1 Å². The van der Waals surface area contributed by atoms with Gasteiger partial charge in [0.2, 0.25) is 0 Å². The Bertz CT molecular complexity index is 621. The second-order valence-corrected chi connectivity index (χ2v) is 3.07. The lowest BCUT2D eigenvalue weighted by Gasteiger charge is -2.05. The molecule has 0 spiro atoms. The van der Waals surface area contributed by atoms with Crippen LogP contribution in [0.4, 0.5) is 4.39 Å². The summed E-state index contributed by atoms with van der Waals surface area (Å²) in [5.74, 6) is 0. The molecular formula is C9H5FN4O. The van der Waals surface area contributed by atoms with Crippen molar-refractivity contribution in [3.05, 3.63) is 30.6 Å². The van der Waals surface area contributed by atoms with Crippen LogP contribution >= 0.6 is 0 Å². The number of hydrogen-bond donors (Lipinski definition) is 1. The van der Waals surface area contributed by atoms with E-state index in [1.54, 1.807) is 18.3 Å². The molecule has 15 heavy (non-hydrogen) atoms. The van der Waals surface area contributed by atoms with Crippen LogP contribution in [0.25, 0.3) is 22.4 Å². The van der Waals surface area contributed by atoms with Crippen LogP contribution in [0, 0.1) is 6.08 Å². The minimum atomic E-state index is -0.817. The first-order valence-electron chi connectivity index (χ1n) is 4.24. The summed E-state index contributed by atoms with van der Waals surface area (Å²) in [7, 11) is 0. The van der Waals surface area contributed by atoms with E-state index in [2.05, 4.69) is 15.0 Å². The molecule has 0 atom stereocenters. The molecule has 0 saturated carbocycles. The fourth-order valence-electron chi connectivity index (χ4n) is 1.54. The smallest absolute Gasteiger partial charge is 0.309 e. The minimum Gasteiger partial charge on any atom is -0.428 e. The van der Waals surface area contributed by atoms with Crippen LogP contribution in [0.5, 0.6) is 0 Å². The van der Waals surface area contributed by atoms with E-state index in [1.807, 2.05) is 0 Å². The Morgan fingerprint density at radius 2 is 2.20 bits per heavy atom. The number of imidazole rings is 1. The molecule has 0 aliphatic carbocycles. The van der Waals surface area contributed by atoms with E-state index in [9.17, 15) is 9.60 Å². The van der Waals surface area contributed by atoms with Crippen molar-refractivity contribution in [3.63, 3.8) is 0 Å². The molecule has 2 aliphatic heterocycles. The quantitative estimate of drug-likeness (QED) is 0.561. The molecule has 1 aromatic rings. The molecule has 0 bridgehead atoms. The van der Waals surface area contributed by atoms with E-state index in [0.717, 1.165) is 4.73 Å². The maximum atomic E-state index is 12.8. The zero-order chi connectivity index (χ0) is 10.4. The van der Waals surface area contributed by atoms with Crippen molar-refractivity contribution in [1.29, 1.82) is 0 Å². The summed E-state index contributed by atoms with van der Waals surface area (Å²) in [4.78, 5) is 11.2. The van der Waals surface area contributed by atoms with E-state index < -0.39 is 6.08 Å². The number of halogens is 1. The van der Waals surface area contributed by atoms with Gasteiger partial charge in [-0.3, -0.25) is 4.98 Å². The number of rotatable bonds is 0. The molecule has 0 saturated heterocycles. The van der Waals surface area contributed by atoms with Gasteiger partial charge >= 0.3 is 6.08 Å². The Morgan fingerprint density at radius 3 is 3.07 bits per heavy atom. The summed E-state index contributed by atoms with van der Waals surface area (Å²) in [6, 6.07) is 3.34. The first-order valence-corrected chi connectivity index (χ1v) is 4.24. The summed E-state index contributed by atoms with van der Waals surface area (Å²) < 4.78 is 13.7. The van der Waals surface area contributed by atoms with Gasteiger partial charge in [0, 0.05) is 6.20 Å². The Kier molecular flexibility index (Phi) is 1.42. The first kappa shape index (κ1) is 8.10. The van der Waals surface area contributed by atoms with Crippen molar-refractivity contribution >= 4 is 11.0 Å². The highest BCUT2D eigenvalue weighted by Gasteiger charge is 2.17. The predicted molar refractivity (Wildman–Crippen MR) is 49.1 cm³/mol. The zero-order valence-electron chi connectivity index (χ0n) is 7.42. The highest BCUT2D eigenvalue weighted by Crippen LogP contribution is 2.25. The number of hydrogen-bond acceptors (Lipinski definition) is 4. The van der Waals surface area contributed by atoms with Crippen LogP contribution in [-0.2, 0) is 0 Å². The van der Waals surface area contributed by atoms with Crippen LogP contribution in [0.3, 0.4) is 0 Å². The van der Waals surface area contributed by atoms with E-state index in [4.69, 9.17) is 0 Å². The number of fused-ring (bicyclic) bond motifs is 3. The Morgan fingerprint density at radius 1 is 1.33 bits per heavy atom. The van der Waals surface area contributed by atoms with Gasteiger partial charge in [0.15, 0.2) is 0 Å². The van der Waals surface area contributed by atoms with Gasteiger partial charge in [-0.1, -0.05) is 0 Å². The van der Waals surface area contributed by atoms with Crippen molar-refractivity contribution in [2.75, 3.05) is 0 Å². The lowest BCUT2D eigenvalue weighted by Crippen LogP contribution is -1.98. The van der Waals surface area contributed by atoms with Crippen molar-refractivity contribution in [1.82, 2.24) is 19.7 Å². The second kappa shape index (κ2) is 2.63. The lowest BCUT2D eigenvalue weighted by molar-refractivity contribution is 0.198. The third-order valence-corrected chi connectivity index (χ3v) is 2.16. The standard InChI is InChI=1S/C9H5FN4O/c10-9-12-5-4-14(15)6-2-1-3-11-8(6)7(5)13-9/h1-4,15H. The van der Waals surface area contributed by atoms with Crippen molar-refractivity contribution in [2.24, 2.45) is 0 Å². The monoisotopic (exact) mass is 204 g/mol. The molecule has 6 heteroatoms. The van der Waals surface area contributed by atoms with Crippen LogP contribution in [0.2, 0.25) is 0 Å². The second-order valence-electron chi connectivity index (χ2n) is 3.07. The van der Waals surface area contributed by atoms with Crippen LogP contribution in [0.15, 0.2) is 24.5 Å². The molecule has 1 aromatic heterocycles. The molecule has 0 radical (unpaired) electrons. The molecule has 74 valence electrons. The van der Waals surface area contributed by atoms with Gasteiger partial charge in [-0.15, -0.1) is 0 Å². The average molecular weight is 204 g/mol. The summed E-state index contributed by atoms with van der Waals surface area (Å²) in [5.41, 5.74) is 1.52. The molecule has 3 heterocycles. The number of aromatic nitrogens is 4. The summed E-state index contributed by atoms with van der Waals surface area (Å²) in [5, 5.41) is 9.56. The van der Waals surface area contributed by atoms with Crippen molar-refractivity contribution in [3.8, 4) is 11.4 Å². The minimum absolute atomic E-state index is 0.279. The predicted octanol–water partition coefficient (Wildman–Crippen LogP) is 1.31. The molecule has 2 aliphatic rings. The molecular weight excluding hydrogens is 199 g/mol. The highest BCUT2D eigenvalue weighted by atomic mass is 19.1.